The Balaban J connectivity index is 2.18. The van der Waals surface area contributed by atoms with Crippen LogP contribution in [-0.4, -0.2) is 15.0 Å². The maximum absolute atomic E-state index is 4.84. The van der Waals surface area contributed by atoms with E-state index in [2.05, 4.69) is 66.0 Å². The van der Waals surface area contributed by atoms with Crippen molar-refractivity contribution in [1.82, 2.24) is 15.0 Å². The maximum Gasteiger partial charge on any atom is 0.109 e. The highest BCUT2D eigenvalue weighted by Gasteiger charge is 2.17. The van der Waals surface area contributed by atoms with E-state index < -0.39 is 0 Å². The van der Waals surface area contributed by atoms with Crippen molar-refractivity contribution in [1.29, 1.82) is 0 Å². The zero-order valence-electron chi connectivity index (χ0n) is 13.6. The number of nitrogens with one attached hydrogen (secondary N) is 1. The van der Waals surface area contributed by atoms with Crippen molar-refractivity contribution >= 4 is 15.9 Å². The molecule has 2 heterocycles. The predicted octanol–water partition coefficient (Wildman–Crippen LogP) is 5.59. The Bertz CT molecular complexity index is 821. The average molecular weight is 370 g/mol. The van der Waals surface area contributed by atoms with Crippen molar-refractivity contribution in [2.45, 2.75) is 33.1 Å². The first kappa shape index (κ1) is 15.9. The van der Waals surface area contributed by atoms with E-state index >= 15 is 0 Å². The summed E-state index contributed by atoms with van der Waals surface area (Å²) in [4.78, 5) is 13.1. The molecule has 23 heavy (non-hydrogen) atoms. The molecule has 3 nitrogen and oxygen atoms in total. The average Bonchev–Trinajstić information content (AvgIpc) is 3.00. The highest BCUT2D eigenvalue weighted by atomic mass is 79.9. The molecular weight excluding hydrogens is 350 g/mol. The molecule has 0 radical (unpaired) electrons. The number of benzene rings is 1. The third-order valence-electron chi connectivity index (χ3n) is 3.79. The maximum atomic E-state index is 4.84. The van der Waals surface area contributed by atoms with E-state index in [-0.39, 0.29) is 0 Å². The first-order chi connectivity index (χ1) is 11.1. The van der Waals surface area contributed by atoms with Crippen LogP contribution in [0.15, 0.2) is 46.9 Å². The highest BCUT2D eigenvalue weighted by Crippen LogP contribution is 2.32. The van der Waals surface area contributed by atoms with Crippen molar-refractivity contribution in [2.75, 3.05) is 0 Å². The van der Waals surface area contributed by atoms with Gasteiger partial charge in [0, 0.05) is 21.6 Å². The lowest BCUT2D eigenvalue weighted by Gasteiger charge is -2.05. The normalized spacial score (nSPS) is 11.2. The fraction of sp³-hybridized carbons (Fsp3) is 0.263. The van der Waals surface area contributed by atoms with Crippen molar-refractivity contribution < 1.29 is 0 Å². The van der Waals surface area contributed by atoms with Crippen LogP contribution in [0, 0.1) is 0 Å². The number of hydrogen-bond donors (Lipinski definition) is 1. The molecule has 0 aliphatic heterocycles. The van der Waals surface area contributed by atoms with Gasteiger partial charge in [-0.05, 0) is 30.7 Å². The summed E-state index contributed by atoms with van der Waals surface area (Å²) < 4.78 is 1.05. The molecule has 0 saturated heterocycles. The SMILES string of the molecule is CCc1cccc(-c2[nH]c(C(C)C)nc2-c2cccc(Br)c2)n1. The number of rotatable bonds is 4. The van der Waals surface area contributed by atoms with Crippen molar-refractivity contribution in [3.05, 3.63) is 58.5 Å². The predicted molar refractivity (Wildman–Crippen MR) is 98.4 cm³/mol. The van der Waals surface area contributed by atoms with Crippen LogP contribution in [0.25, 0.3) is 22.6 Å². The molecule has 0 spiro atoms. The molecule has 0 aliphatic carbocycles. The minimum atomic E-state index is 0.337. The summed E-state index contributed by atoms with van der Waals surface area (Å²) in [7, 11) is 0. The van der Waals surface area contributed by atoms with Crippen LogP contribution in [0.5, 0.6) is 0 Å². The van der Waals surface area contributed by atoms with E-state index in [0.29, 0.717) is 5.92 Å². The third-order valence-corrected chi connectivity index (χ3v) is 4.29. The number of aromatic amines is 1. The van der Waals surface area contributed by atoms with Gasteiger partial charge in [0.05, 0.1) is 17.1 Å². The molecule has 4 heteroatoms. The van der Waals surface area contributed by atoms with Gasteiger partial charge in [0.25, 0.3) is 0 Å². The van der Waals surface area contributed by atoms with Gasteiger partial charge in [-0.15, -0.1) is 0 Å². The first-order valence-electron chi connectivity index (χ1n) is 7.90. The van der Waals surface area contributed by atoms with E-state index in [4.69, 9.17) is 9.97 Å². The Hall–Kier alpha value is -1.94. The van der Waals surface area contributed by atoms with E-state index in [1.807, 2.05) is 18.2 Å². The first-order valence-corrected chi connectivity index (χ1v) is 8.70. The second-order valence-electron chi connectivity index (χ2n) is 5.88. The molecule has 0 saturated carbocycles. The van der Waals surface area contributed by atoms with Crippen LogP contribution in [-0.2, 0) is 6.42 Å². The molecule has 0 aliphatic rings. The van der Waals surface area contributed by atoms with E-state index in [9.17, 15) is 0 Å². The Morgan fingerprint density at radius 2 is 1.87 bits per heavy atom. The monoisotopic (exact) mass is 369 g/mol. The Morgan fingerprint density at radius 1 is 1.09 bits per heavy atom. The fourth-order valence-corrected chi connectivity index (χ4v) is 2.91. The van der Waals surface area contributed by atoms with Gasteiger partial charge in [-0.1, -0.05) is 54.9 Å². The summed E-state index contributed by atoms with van der Waals surface area (Å²) in [6.45, 7) is 6.40. The lowest BCUT2D eigenvalue weighted by molar-refractivity contribution is 0.795. The summed E-state index contributed by atoms with van der Waals surface area (Å²) >= 11 is 3.55. The van der Waals surface area contributed by atoms with Gasteiger partial charge in [-0.3, -0.25) is 4.98 Å². The minimum Gasteiger partial charge on any atom is -0.340 e. The Kier molecular flexibility index (Phi) is 4.62. The number of pyridine rings is 1. The molecule has 0 unspecified atom stereocenters. The summed E-state index contributed by atoms with van der Waals surface area (Å²) in [6, 6.07) is 14.4. The van der Waals surface area contributed by atoms with E-state index in [1.54, 1.807) is 0 Å². The summed E-state index contributed by atoms with van der Waals surface area (Å²) in [5, 5.41) is 0. The quantitative estimate of drug-likeness (QED) is 0.651. The highest BCUT2D eigenvalue weighted by molar-refractivity contribution is 9.10. The van der Waals surface area contributed by atoms with Crippen LogP contribution < -0.4 is 0 Å². The molecule has 0 fully saturated rings. The molecule has 1 N–H and O–H groups in total. The summed E-state index contributed by atoms with van der Waals surface area (Å²) in [5.74, 6) is 1.32. The molecule has 3 aromatic rings. The van der Waals surface area contributed by atoms with Gasteiger partial charge in [-0.2, -0.15) is 0 Å². The van der Waals surface area contributed by atoms with Gasteiger partial charge in [0.15, 0.2) is 0 Å². The van der Waals surface area contributed by atoms with Gasteiger partial charge in [0.1, 0.15) is 5.82 Å². The van der Waals surface area contributed by atoms with E-state index in [1.165, 1.54) is 0 Å². The zero-order valence-corrected chi connectivity index (χ0v) is 15.2. The van der Waals surface area contributed by atoms with Crippen molar-refractivity contribution in [2.24, 2.45) is 0 Å². The topological polar surface area (TPSA) is 41.6 Å². The summed E-state index contributed by atoms with van der Waals surface area (Å²) in [6.07, 6.45) is 0.922. The number of hydrogen-bond acceptors (Lipinski definition) is 2. The Labute approximate surface area is 145 Å². The lowest BCUT2D eigenvalue weighted by Crippen LogP contribution is -1.92. The van der Waals surface area contributed by atoms with E-state index in [0.717, 1.165) is 45.1 Å². The van der Waals surface area contributed by atoms with Crippen molar-refractivity contribution in [3.8, 4) is 22.6 Å². The Morgan fingerprint density at radius 3 is 2.57 bits per heavy atom. The van der Waals surface area contributed by atoms with Crippen LogP contribution in [0.3, 0.4) is 0 Å². The van der Waals surface area contributed by atoms with Gasteiger partial charge >= 0.3 is 0 Å². The van der Waals surface area contributed by atoms with Gasteiger partial charge in [0.2, 0.25) is 0 Å². The molecule has 2 aromatic heterocycles. The number of aryl methyl sites for hydroxylation is 1. The number of halogens is 1. The van der Waals surface area contributed by atoms with Gasteiger partial charge in [-0.25, -0.2) is 4.98 Å². The molecule has 3 rings (SSSR count). The van der Waals surface area contributed by atoms with Crippen LogP contribution in [0.4, 0.5) is 0 Å². The standard InChI is InChI=1S/C19H20BrN3/c1-4-15-9-6-10-16(21-15)18-17(22-19(23-18)12(2)3)13-7-5-8-14(20)11-13/h5-12H,4H2,1-3H3,(H,22,23). The molecule has 0 amide bonds. The molecule has 1 aromatic carbocycles. The number of imidazole rings is 1. The van der Waals surface area contributed by atoms with Crippen LogP contribution in [0.1, 0.15) is 38.2 Å². The number of H-pyrrole nitrogens is 1. The molecular formula is C19H20BrN3. The molecule has 118 valence electrons. The number of nitrogens with zero attached hydrogens (tertiary/aromatic N) is 2. The van der Waals surface area contributed by atoms with Crippen LogP contribution >= 0.6 is 15.9 Å². The van der Waals surface area contributed by atoms with Crippen molar-refractivity contribution in [3.63, 3.8) is 0 Å². The smallest absolute Gasteiger partial charge is 0.109 e. The fourth-order valence-electron chi connectivity index (χ4n) is 2.51. The van der Waals surface area contributed by atoms with Crippen LogP contribution in [0.2, 0.25) is 0 Å². The van der Waals surface area contributed by atoms with Gasteiger partial charge < -0.3 is 4.98 Å². The molecule has 0 bridgehead atoms. The lowest BCUT2D eigenvalue weighted by atomic mass is 10.1. The second kappa shape index (κ2) is 6.67. The largest absolute Gasteiger partial charge is 0.340 e. The summed E-state index contributed by atoms with van der Waals surface area (Å²) in [5.41, 5.74) is 5.06. The zero-order chi connectivity index (χ0) is 16.4. The molecule has 0 atom stereocenters. The third kappa shape index (κ3) is 3.37. The number of aromatic nitrogens is 3. The second-order valence-corrected chi connectivity index (χ2v) is 6.79. The minimum absolute atomic E-state index is 0.337.